The molecule has 4 nitrogen and oxygen atoms in total. The fourth-order valence-electron chi connectivity index (χ4n) is 2.66. The normalized spacial score (nSPS) is 10.9. The Morgan fingerprint density at radius 1 is 1.00 bits per heavy atom. The van der Waals surface area contributed by atoms with Crippen molar-refractivity contribution in [1.29, 1.82) is 0 Å². The number of ether oxygens (including phenoxy) is 1. The van der Waals surface area contributed by atoms with E-state index in [-0.39, 0.29) is 0 Å². The Labute approximate surface area is 137 Å². The molecule has 0 atom stereocenters. The first kappa shape index (κ1) is 15.3. The summed E-state index contributed by atoms with van der Waals surface area (Å²) in [5.74, 6) is 0.628. The van der Waals surface area contributed by atoms with Gasteiger partial charge in [-0.1, -0.05) is 30.3 Å². The van der Waals surface area contributed by atoms with E-state index < -0.39 is 0 Å². The summed E-state index contributed by atoms with van der Waals surface area (Å²) in [5.41, 5.74) is 3.59. The van der Waals surface area contributed by atoms with E-state index in [0.29, 0.717) is 5.88 Å². The smallest absolute Gasteiger partial charge is 0.213 e. The van der Waals surface area contributed by atoms with Crippen LogP contribution in [0.2, 0.25) is 0 Å². The van der Waals surface area contributed by atoms with Crippen LogP contribution in [0.25, 0.3) is 5.69 Å². The molecule has 0 saturated carbocycles. The van der Waals surface area contributed by atoms with Gasteiger partial charge in [-0.05, 0) is 30.8 Å². The summed E-state index contributed by atoms with van der Waals surface area (Å²) in [7, 11) is 3.76. The molecule has 23 heavy (non-hydrogen) atoms. The van der Waals surface area contributed by atoms with E-state index in [9.17, 15) is 0 Å². The standard InChI is InChI=1S/C19H21N3O/c1-21(14-16-7-4-3-5-8-16)15-18-9-6-12-22(18)17-10-11-19(23-2)20-13-17/h3-13H,14-15H2,1-2H3. The van der Waals surface area contributed by atoms with Crippen molar-refractivity contribution >= 4 is 0 Å². The molecule has 0 aliphatic rings. The molecule has 118 valence electrons. The van der Waals surface area contributed by atoms with Crippen LogP contribution in [-0.4, -0.2) is 28.6 Å². The Kier molecular flexibility index (Phi) is 4.74. The van der Waals surface area contributed by atoms with Crippen LogP contribution < -0.4 is 4.74 Å². The van der Waals surface area contributed by atoms with Gasteiger partial charge < -0.3 is 9.30 Å². The molecule has 2 heterocycles. The molecule has 0 unspecified atom stereocenters. The maximum absolute atomic E-state index is 5.12. The van der Waals surface area contributed by atoms with Gasteiger partial charge in [0.05, 0.1) is 19.0 Å². The molecule has 0 aliphatic carbocycles. The monoisotopic (exact) mass is 307 g/mol. The van der Waals surface area contributed by atoms with Gasteiger partial charge in [-0.3, -0.25) is 4.90 Å². The topological polar surface area (TPSA) is 30.3 Å². The molecule has 0 spiro atoms. The van der Waals surface area contributed by atoms with Gasteiger partial charge in [-0.25, -0.2) is 4.98 Å². The Morgan fingerprint density at radius 3 is 2.52 bits per heavy atom. The predicted octanol–water partition coefficient (Wildman–Crippen LogP) is 3.51. The fourth-order valence-corrected chi connectivity index (χ4v) is 2.66. The summed E-state index contributed by atoms with van der Waals surface area (Å²) in [6, 6.07) is 18.6. The zero-order chi connectivity index (χ0) is 16.1. The summed E-state index contributed by atoms with van der Waals surface area (Å²) in [5, 5.41) is 0. The van der Waals surface area contributed by atoms with Crippen LogP contribution in [0.3, 0.4) is 0 Å². The largest absolute Gasteiger partial charge is 0.481 e. The van der Waals surface area contributed by atoms with Gasteiger partial charge in [-0.15, -0.1) is 0 Å². The molecule has 0 radical (unpaired) electrons. The summed E-state index contributed by atoms with van der Waals surface area (Å²) >= 11 is 0. The van der Waals surface area contributed by atoms with E-state index in [1.165, 1.54) is 11.3 Å². The van der Waals surface area contributed by atoms with Crippen molar-refractivity contribution in [3.05, 3.63) is 78.2 Å². The average molecular weight is 307 g/mol. The second-order valence-corrected chi connectivity index (χ2v) is 5.59. The zero-order valence-corrected chi connectivity index (χ0v) is 13.5. The highest BCUT2D eigenvalue weighted by molar-refractivity contribution is 5.34. The van der Waals surface area contributed by atoms with Gasteiger partial charge in [0, 0.05) is 31.0 Å². The van der Waals surface area contributed by atoms with E-state index in [4.69, 9.17) is 4.74 Å². The maximum Gasteiger partial charge on any atom is 0.213 e. The lowest BCUT2D eigenvalue weighted by atomic mass is 10.2. The first-order valence-corrected chi connectivity index (χ1v) is 7.65. The van der Waals surface area contributed by atoms with Gasteiger partial charge in [0.15, 0.2) is 0 Å². The first-order chi connectivity index (χ1) is 11.3. The van der Waals surface area contributed by atoms with Gasteiger partial charge >= 0.3 is 0 Å². The number of hydrogen-bond donors (Lipinski definition) is 0. The number of methoxy groups -OCH3 is 1. The van der Waals surface area contributed by atoms with Crippen LogP contribution >= 0.6 is 0 Å². The minimum absolute atomic E-state index is 0.628. The van der Waals surface area contributed by atoms with Crippen LogP contribution in [0.4, 0.5) is 0 Å². The summed E-state index contributed by atoms with van der Waals surface area (Å²) in [4.78, 5) is 6.59. The number of nitrogens with zero attached hydrogens (tertiary/aromatic N) is 3. The third-order valence-electron chi connectivity index (χ3n) is 3.77. The first-order valence-electron chi connectivity index (χ1n) is 7.65. The minimum Gasteiger partial charge on any atom is -0.481 e. The van der Waals surface area contributed by atoms with Crippen LogP contribution in [0.5, 0.6) is 5.88 Å². The Bertz CT molecular complexity index is 735. The van der Waals surface area contributed by atoms with Gasteiger partial charge in [-0.2, -0.15) is 0 Å². The molecule has 2 aromatic heterocycles. The number of rotatable bonds is 6. The molecule has 0 saturated heterocycles. The lowest BCUT2D eigenvalue weighted by Gasteiger charge is -2.18. The highest BCUT2D eigenvalue weighted by atomic mass is 16.5. The molecule has 3 rings (SSSR count). The van der Waals surface area contributed by atoms with Crippen molar-refractivity contribution in [3.63, 3.8) is 0 Å². The fraction of sp³-hybridized carbons (Fsp3) is 0.211. The van der Waals surface area contributed by atoms with Crippen LogP contribution in [-0.2, 0) is 13.1 Å². The SMILES string of the molecule is COc1ccc(-n2cccc2CN(C)Cc2ccccc2)cn1. The lowest BCUT2D eigenvalue weighted by molar-refractivity contribution is 0.313. The molecular weight excluding hydrogens is 286 g/mol. The summed E-state index contributed by atoms with van der Waals surface area (Å²) < 4.78 is 7.28. The van der Waals surface area contributed by atoms with Crippen molar-refractivity contribution in [3.8, 4) is 11.6 Å². The Morgan fingerprint density at radius 2 is 1.83 bits per heavy atom. The highest BCUT2D eigenvalue weighted by Crippen LogP contribution is 2.16. The van der Waals surface area contributed by atoms with E-state index >= 15 is 0 Å². The molecular formula is C19H21N3O. The average Bonchev–Trinajstić information content (AvgIpc) is 3.03. The number of hydrogen-bond acceptors (Lipinski definition) is 3. The van der Waals surface area contributed by atoms with Crippen molar-refractivity contribution in [2.45, 2.75) is 13.1 Å². The predicted molar refractivity (Wildman–Crippen MR) is 91.7 cm³/mol. The van der Waals surface area contributed by atoms with Crippen LogP contribution in [0, 0.1) is 0 Å². The number of benzene rings is 1. The second kappa shape index (κ2) is 7.11. The number of pyridine rings is 1. The van der Waals surface area contributed by atoms with Gasteiger partial charge in [0.1, 0.15) is 0 Å². The second-order valence-electron chi connectivity index (χ2n) is 5.59. The Balaban J connectivity index is 1.72. The summed E-state index contributed by atoms with van der Waals surface area (Å²) in [6.07, 6.45) is 3.90. The quantitative estimate of drug-likeness (QED) is 0.698. The molecule has 0 fully saturated rings. The molecule has 4 heteroatoms. The number of aromatic nitrogens is 2. The van der Waals surface area contributed by atoms with E-state index in [1.807, 2.05) is 24.4 Å². The van der Waals surface area contributed by atoms with Crippen molar-refractivity contribution in [2.24, 2.45) is 0 Å². The highest BCUT2D eigenvalue weighted by Gasteiger charge is 2.08. The third kappa shape index (κ3) is 3.79. The van der Waals surface area contributed by atoms with Crippen molar-refractivity contribution < 1.29 is 4.74 Å². The van der Waals surface area contributed by atoms with E-state index in [0.717, 1.165) is 18.8 Å². The molecule has 1 aromatic carbocycles. The molecule has 0 bridgehead atoms. The van der Waals surface area contributed by atoms with Gasteiger partial charge in [0.25, 0.3) is 0 Å². The lowest BCUT2D eigenvalue weighted by Crippen LogP contribution is -2.19. The Hall–Kier alpha value is -2.59. The zero-order valence-electron chi connectivity index (χ0n) is 13.5. The van der Waals surface area contributed by atoms with E-state index in [2.05, 4.69) is 64.1 Å². The van der Waals surface area contributed by atoms with Gasteiger partial charge in [0.2, 0.25) is 5.88 Å². The molecule has 0 amide bonds. The molecule has 0 N–H and O–H groups in total. The molecule has 3 aromatic rings. The minimum atomic E-state index is 0.628. The summed E-state index contributed by atoms with van der Waals surface area (Å²) in [6.45, 7) is 1.79. The third-order valence-corrected chi connectivity index (χ3v) is 3.77. The molecule has 0 aliphatic heterocycles. The van der Waals surface area contributed by atoms with Crippen molar-refractivity contribution in [1.82, 2.24) is 14.5 Å². The maximum atomic E-state index is 5.12. The van der Waals surface area contributed by atoms with E-state index in [1.54, 1.807) is 7.11 Å². The van der Waals surface area contributed by atoms with Crippen molar-refractivity contribution in [2.75, 3.05) is 14.2 Å². The van der Waals surface area contributed by atoms with Crippen LogP contribution in [0.15, 0.2) is 67.0 Å². The van der Waals surface area contributed by atoms with Crippen LogP contribution in [0.1, 0.15) is 11.3 Å².